The zero-order chi connectivity index (χ0) is 20.2. The molecule has 4 rings (SSSR count). The summed E-state index contributed by atoms with van der Waals surface area (Å²) in [6.07, 6.45) is 1.78. The molecule has 0 atom stereocenters. The number of aromatic nitrogens is 1. The summed E-state index contributed by atoms with van der Waals surface area (Å²) < 4.78 is 0. The lowest BCUT2D eigenvalue weighted by Gasteiger charge is -2.17. The van der Waals surface area contributed by atoms with Gasteiger partial charge in [0.15, 0.2) is 0 Å². The number of nitrogens with two attached hydrogens (primary N) is 1. The molecule has 2 heterocycles. The number of fused-ring (bicyclic) bond motifs is 1. The van der Waals surface area contributed by atoms with Gasteiger partial charge >= 0.3 is 0 Å². The van der Waals surface area contributed by atoms with Crippen LogP contribution in [-0.4, -0.2) is 10.9 Å². The second-order valence-corrected chi connectivity index (χ2v) is 7.25. The Labute approximate surface area is 171 Å². The van der Waals surface area contributed by atoms with Crippen LogP contribution in [0, 0.1) is 11.3 Å². The van der Waals surface area contributed by atoms with Gasteiger partial charge in [0.05, 0.1) is 28.5 Å². The zero-order valence-corrected chi connectivity index (χ0v) is 16.2. The molecule has 1 amide bonds. The molecule has 4 aromatic rings. The number of rotatable bonds is 5. The maximum absolute atomic E-state index is 12.9. The first kappa shape index (κ1) is 18.6. The van der Waals surface area contributed by atoms with Gasteiger partial charge in [-0.05, 0) is 53.4 Å². The highest BCUT2D eigenvalue weighted by atomic mass is 32.1. The van der Waals surface area contributed by atoms with Crippen molar-refractivity contribution in [2.24, 2.45) is 5.84 Å². The van der Waals surface area contributed by atoms with E-state index in [4.69, 9.17) is 11.1 Å². The number of anilines is 2. The summed E-state index contributed by atoms with van der Waals surface area (Å²) >= 11 is 1.33. The highest BCUT2D eigenvalue weighted by Gasteiger charge is 2.19. The Morgan fingerprint density at radius 1 is 1.14 bits per heavy atom. The molecule has 0 aliphatic carbocycles. The first-order valence-corrected chi connectivity index (χ1v) is 9.78. The molecule has 2 aromatic heterocycles. The molecule has 2 aromatic carbocycles. The van der Waals surface area contributed by atoms with Gasteiger partial charge in [-0.25, -0.2) is 10.9 Å². The quantitative estimate of drug-likeness (QED) is 0.296. The molecule has 0 unspecified atom stereocenters. The molecule has 3 N–H and O–H groups in total. The number of para-hydroxylation sites is 1. The average molecular weight is 399 g/mol. The molecule has 7 heteroatoms. The Balaban J connectivity index is 1.53. The number of thiophene rings is 1. The average Bonchev–Trinajstić information content (AvgIpc) is 3.25. The lowest BCUT2D eigenvalue weighted by atomic mass is 10.1. The van der Waals surface area contributed by atoms with E-state index in [1.807, 2.05) is 47.8 Å². The van der Waals surface area contributed by atoms with Crippen LogP contribution < -0.4 is 16.2 Å². The fourth-order valence-corrected chi connectivity index (χ4v) is 3.84. The molecule has 0 fully saturated rings. The van der Waals surface area contributed by atoms with E-state index in [0.29, 0.717) is 22.7 Å². The van der Waals surface area contributed by atoms with E-state index in [2.05, 4.69) is 10.3 Å². The lowest BCUT2D eigenvalue weighted by Crippen LogP contribution is -2.37. The zero-order valence-electron chi connectivity index (χ0n) is 15.4. The first-order chi connectivity index (χ1) is 14.2. The molecule has 0 bridgehead atoms. The smallest absolute Gasteiger partial charge is 0.284 e. The summed E-state index contributed by atoms with van der Waals surface area (Å²) in [4.78, 5) is 17.8. The number of hydrogen-bond acceptors (Lipinski definition) is 6. The second-order valence-electron chi connectivity index (χ2n) is 6.34. The molecule has 29 heavy (non-hydrogen) atoms. The normalized spacial score (nSPS) is 10.5. The number of hydrogen-bond donors (Lipinski definition) is 2. The maximum atomic E-state index is 12.9. The predicted molar refractivity (Wildman–Crippen MR) is 116 cm³/mol. The molecular formula is C22H17N5OS. The number of nitrogens with one attached hydrogen (secondary N) is 1. The highest BCUT2D eigenvalue weighted by molar-refractivity contribution is 7.12. The molecule has 0 saturated carbocycles. The minimum absolute atomic E-state index is 0.313. The van der Waals surface area contributed by atoms with Crippen LogP contribution in [0.5, 0.6) is 0 Å². The number of hydrazine groups is 1. The summed E-state index contributed by atoms with van der Waals surface area (Å²) in [5.41, 5.74) is 3.79. The summed E-state index contributed by atoms with van der Waals surface area (Å²) in [5, 5.41) is 16.3. The Morgan fingerprint density at radius 2 is 1.93 bits per heavy atom. The third-order valence-corrected chi connectivity index (χ3v) is 5.46. The maximum Gasteiger partial charge on any atom is 0.284 e. The van der Waals surface area contributed by atoms with Crippen LogP contribution in [0.25, 0.3) is 10.9 Å². The van der Waals surface area contributed by atoms with Crippen LogP contribution in [0.1, 0.15) is 20.8 Å². The van der Waals surface area contributed by atoms with Gasteiger partial charge in [0.1, 0.15) is 4.88 Å². The minimum Gasteiger partial charge on any atom is -0.380 e. The lowest BCUT2D eigenvalue weighted by molar-refractivity contribution is 0.0991. The molecule has 142 valence electrons. The van der Waals surface area contributed by atoms with Crippen LogP contribution in [-0.2, 0) is 6.54 Å². The van der Waals surface area contributed by atoms with Crippen LogP contribution in [0.4, 0.5) is 11.4 Å². The van der Waals surface area contributed by atoms with Crippen molar-refractivity contribution in [2.75, 3.05) is 10.3 Å². The number of amides is 1. The van der Waals surface area contributed by atoms with Gasteiger partial charge in [0.2, 0.25) is 0 Å². The van der Waals surface area contributed by atoms with Crippen molar-refractivity contribution < 1.29 is 4.79 Å². The number of pyridine rings is 1. The monoisotopic (exact) mass is 399 g/mol. The van der Waals surface area contributed by atoms with Crippen molar-refractivity contribution >= 4 is 39.5 Å². The third-order valence-electron chi connectivity index (χ3n) is 4.56. The number of benzene rings is 2. The third kappa shape index (κ3) is 3.80. The van der Waals surface area contributed by atoms with Gasteiger partial charge in [0, 0.05) is 18.1 Å². The van der Waals surface area contributed by atoms with Crippen LogP contribution in [0.3, 0.4) is 0 Å². The van der Waals surface area contributed by atoms with E-state index >= 15 is 0 Å². The SMILES string of the molecule is N#Cc1ccc(N(N)C(=O)c2sccc2NCc2ccnc3ccccc23)cc1. The standard InChI is InChI=1S/C22H17N5OS/c23-13-15-5-7-17(8-6-15)27(24)22(28)21-20(10-12-29-21)26-14-16-9-11-25-19-4-2-1-3-18(16)19/h1-12,26H,14,24H2. The molecular weight excluding hydrogens is 382 g/mol. The number of carbonyl (C=O) groups is 1. The van der Waals surface area contributed by atoms with Crippen molar-refractivity contribution in [3.63, 3.8) is 0 Å². The second kappa shape index (κ2) is 8.10. The first-order valence-electron chi connectivity index (χ1n) is 8.90. The van der Waals surface area contributed by atoms with E-state index in [1.165, 1.54) is 11.3 Å². The van der Waals surface area contributed by atoms with Gasteiger partial charge in [-0.2, -0.15) is 5.26 Å². The predicted octanol–water partition coefficient (Wildman–Crippen LogP) is 4.30. The molecule has 0 aliphatic heterocycles. The van der Waals surface area contributed by atoms with Crippen LogP contribution in [0.15, 0.2) is 72.2 Å². The Kier molecular flexibility index (Phi) is 5.20. The van der Waals surface area contributed by atoms with Crippen molar-refractivity contribution in [3.05, 3.63) is 88.2 Å². The Hall–Kier alpha value is -3.73. The summed E-state index contributed by atoms with van der Waals surface area (Å²) in [6, 6.07) is 20.4. The number of carbonyl (C=O) groups excluding carboxylic acids is 1. The summed E-state index contributed by atoms with van der Waals surface area (Å²) in [5.74, 6) is 5.73. The van der Waals surface area contributed by atoms with Gasteiger partial charge in [0.25, 0.3) is 5.91 Å². The van der Waals surface area contributed by atoms with Crippen molar-refractivity contribution in [1.82, 2.24) is 4.98 Å². The van der Waals surface area contributed by atoms with Gasteiger partial charge < -0.3 is 5.32 Å². The fraction of sp³-hybridized carbons (Fsp3) is 0.0455. The Morgan fingerprint density at radius 3 is 2.72 bits per heavy atom. The van der Waals surface area contributed by atoms with Gasteiger partial charge in [-0.1, -0.05) is 18.2 Å². The number of nitrogens with zero attached hydrogens (tertiary/aromatic N) is 3. The fourth-order valence-electron chi connectivity index (χ4n) is 3.04. The van der Waals surface area contributed by atoms with Crippen LogP contribution >= 0.6 is 11.3 Å². The van der Waals surface area contributed by atoms with Crippen LogP contribution in [0.2, 0.25) is 0 Å². The largest absolute Gasteiger partial charge is 0.380 e. The van der Waals surface area contributed by atoms with E-state index < -0.39 is 0 Å². The summed E-state index contributed by atoms with van der Waals surface area (Å²) in [7, 11) is 0. The van der Waals surface area contributed by atoms with E-state index in [9.17, 15) is 4.79 Å². The van der Waals surface area contributed by atoms with Crippen molar-refractivity contribution in [1.29, 1.82) is 5.26 Å². The molecule has 0 saturated heterocycles. The number of nitriles is 1. The molecule has 0 radical (unpaired) electrons. The van der Waals surface area contributed by atoms with E-state index in [1.54, 1.807) is 30.5 Å². The van der Waals surface area contributed by atoms with E-state index in [-0.39, 0.29) is 5.91 Å². The molecule has 0 aliphatic rings. The van der Waals surface area contributed by atoms with Crippen molar-refractivity contribution in [3.8, 4) is 6.07 Å². The summed E-state index contributed by atoms with van der Waals surface area (Å²) in [6.45, 7) is 0.557. The molecule has 0 spiro atoms. The Bertz CT molecular complexity index is 1200. The van der Waals surface area contributed by atoms with Gasteiger partial charge in [-0.15, -0.1) is 11.3 Å². The minimum atomic E-state index is -0.313. The topological polar surface area (TPSA) is 95.0 Å². The van der Waals surface area contributed by atoms with Gasteiger partial charge in [-0.3, -0.25) is 9.78 Å². The molecule has 6 nitrogen and oxygen atoms in total. The highest BCUT2D eigenvalue weighted by Crippen LogP contribution is 2.27. The van der Waals surface area contributed by atoms with E-state index in [0.717, 1.165) is 27.2 Å². The van der Waals surface area contributed by atoms with Crippen molar-refractivity contribution in [2.45, 2.75) is 6.54 Å².